The van der Waals surface area contributed by atoms with E-state index in [4.69, 9.17) is 9.97 Å². The Hall–Kier alpha value is -6.09. The van der Waals surface area contributed by atoms with Crippen molar-refractivity contribution in [3.63, 3.8) is 0 Å². The minimum absolute atomic E-state index is 0. The Morgan fingerprint density at radius 3 is 1.25 bits per heavy atom. The molecule has 4 nitrogen and oxygen atoms in total. The largest absolute Gasteiger partial charge is 2.00 e. The van der Waals surface area contributed by atoms with Crippen molar-refractivity contribution in [2.45, 2.75) is 38.5 Å². The van der Waals surface area contributed by atoms with Crippen LogP contribution >= 0.6 is 0 Å². The molecule has 2 heterocycles. The van der Waals surface area contributed by atoms with E-state index in [0.717, 1.165) is 55.9 Å². The average Bonchev–Trinajstić information content (AvgIpc) is 3.54. The summed E-state index contributed by atoms with van der Waals surface area (Å²) in [7, 11) is 0. The van der Waals surface area contributed by atoms with Gasteiger partial charge in [-0.15, -0.1) is 0 Å². The number of aromatic nitrogens is 2. The normalized spacial score (nSPS) is 14.0. The van der Waals surface area contributed by atoms with Gasteiger partial charge in [0.2, 0.25) is 0 Å². The molecule has 0 saturated heterocycles. The third-order valence-electron chi connectivity index (χ3n) is 11.2. The van der Waals surface area contributed by atoms with Gasteiger partial charge in [-0.1, -0.05) is 161 Å². The number of benzene rings is 6. The molecule has 2 aromatic heterocycles. The summed E-state index contributed by atoms with van der Waals surface area (Å²) in [6.45, 7) is 8.69. The van der Waals surface area contributed by atoms with E-state index in [1.165, 1.54) is 32.7 Å². The van der Waals surface area contributed by atoms with Crippen LogP contribution in [0.2, 0.25) is 0 Å². The second-order valence-corrected chi connectivity index (χ2v) is 14.9. The van der Waals surface area contributed by atoms with Gasteiger partial charge < -0.3 is 10.2 Å². The van der Waals surface area contributed by atoms with Gasteiger partial charge in [-0.25, -0.2) is 0 Å². The molecular weight excluding hydrogens is 646 g/mol. The molecule has 8 aromatic rings. The summed E-state index contributed by atoms with van der Waals surface area (Å²) in [5.74, 6) is 0.111. The van der Waals surface area contributed by atoms with E-state index in [1.54, 1.807) is 12.1 Å². The number of fused-ring (bicyclic) bond motifs is 8. The van der Waals surface area contributed by atoms with Crippen molar-refractivity contribution in [3.05, 3.63) is 168 Å². The Balaban J connectivity index is 0.000000148. The van der Waals surface area contributed by atoms with Crippen LogP contribution in [0.1, 0.15) is 49.9 Å². The van der Waals surface area contributed by atoms with Gasteiger partial charge in [0.05, 0.1) is 11.4 Å². The zero-order valence-electron chi connectivity index (χ0n) is 30.3. The molecule has 0 atom stereocenters. The van der Waals surface area contributed by atoms with E-state index >= 15 is 0 Å². The monoisotopic (exact) mass is 681 g/mol. The summed E-state index contributed by atoms with van der Waals surface area (Å²) in [5.41, 5.74) is 11.7. The zero-order valence-corrected chi connectivity index (χ0v) is 30.3. The second-order valence-electron chi connectivity index (χ2n) is 14.9. The number of hydrogen-bond donors (Lipinski definition) is 0. The first-order valence-electron chi connectivity index (χ1n) is 17.7. The summed E-state index contributed by atoms with van der Waals surface area (Å²) in [6.07, 6.45) is 3.80. The molecule has 5 heteroatoms. The third kappa shape index (κ3) is 5.24. The van der Waals surface area contributed by atoms with E-state index in [-0.39, 0.29) is 32.5 Å². The van der Waals surface area contributed by atoms with Gasteiger partial charge in [-0.05, 0) is 78.2 Å². The molecule has 252 valence electrons. The Morgan fingerprint density at radius 2 is 0.811 bits per heavy atom. The van der Waals surface area contributed by atoms with Gasteiger partial charge in [0.25, 0.3) is 0 Å². The fraction of sp³-hybridized carbons (Fsp3) is 0.125. The van der Waals surface area contributed by atoms with Crippen LogP contribution in [0.15, 0.2) is 146 Å². The van der Waals surface area contributed by atoms with E-state index in [1.807, 2.05) is 24.5 Å². The van der Waals surface area contributed by atoms with E-state index in [2.05, 4.69) is 137 Å². The topological polar surface area (TPSA) is 71.9 Å². The second kappa shape index (κ2) is 12.5. The van der Waals surface area contributed by atoms with Crippen molar-refractivity contribution in [2.75, 3.05) is 0 Å². The van der Waals surface area contributed by atoms with Gasteiger partial charge in [-0.3, -0.25) is 9.97 Å². The quantitative estimate of drug-likeness (QED) is 0.170. The van der Waals surface area contributed by atoms with Crippen LogP contribution in [0.25, 0.3) is 66.3 Å². The molecule has 2 aliphatic rings. The number of rotatable bonds is 2. The molecule has 0 N–H and O–H groups in total. The van der Waals surface area contributed by atoms with Crippen LogP contribution in [-0.4, -0.2) is 20.1 Å². The Morgan fingerprint density at radius 1 is 0.434 bits per heavy atom. The minimum Gasteiger partial charge on any atom is -0.872 e. The van der Waals surface area contributed by atoms with Crippen molar-refractivity contribution < 1.29 is 10.2 Å². The van der Waals surface area contributed by atoms with Gasteiger partial charge in [0.15, 0.2) is 0 Å². The molecule has 0 unspecified atom stereocenters. The van der Waals surface area contributed by atoms with Crippen LogP contribution in [0, 0.1) is 0 Å². The molecule has 0 bridgehead atoms. The molecule has 0 aliphatic heterocycles. The maximum absolute atomic E-state index is 12.5. The van der Waals surface area contributed by atoms with E-state index in [0.29, 0.717) is 0 Å². The van der Waals surface area contributed by atoms with Crippen molar-refractivity contribution in [3.8, 4) is 56.3 Å². The molecule has 53 heavy (non-hydrogen) atoms. The van der Waals surface area contributed by atoms with Gasteiger partial charge in [0, 0.05) is 34.4 Å². The third-order valence-corrected chi connectivity index (χ3v) is 11.2. The standard InChI is InChI=1S/2C24H19NO.Be/c2*1-24(2)19-11-6-12-21(26)22(19)23-20(24)13-16(14-25-23)18-10-5-8-15-7-3-4-9-17(15)18;/h2*3-14,26H,1-2H3;/q;;+2/p-2. The molecule has 0 spiro atoms. The summed E-state index contributed by atoms with van der Waals surface area (Å²) in [5, 5.41) is 29.8. The first kappa shape index (κ1) is 34.0. The molecule has 0 amide bonds. The molecule has 0 saturated carbocycles. The number of hydrogen-bond acceptors (Lipinski definition) is 4. The van der Waals surface area contributed by atoms with Crippen LogP contribution < -0.4 is 10.2 Å². The molecule has 2 aliphatic carbocycles. The maximum atomic E-state index is 12.5. The van der Waals surface area contributed by atoms with Gasteiger partial charge in [0.1, 0.15) is 0 Å². The number of nitrogens with zero attached hydrogens (tertiary/aromatic N) is 2. The average molecular weight is 682 g/mol. The molecular formula is C48H36BeN2O2. The number of pyridine rings is 2. The fourth-order valence-electron chi connectivity index (χ4n) is 8.41. The molecule has 10 rings (SSSR count). The van der Waals surface area contributed by atoms with Crippen molar-refractivity contribution >= 4 is 31.7 Å². The van der Waals surface area contributed by atoms with Crippen LogP contribution in [0.5, 0.6) is 11.5 Å². The molecule has 0 fully saturated rings. The summed E-state index contributed by atoms with van der Waals surface area (Å²) >= 11 is 0. The van der Waals surface area contributed by atoms with Crippen molar-refractivity contribution in [1.82, 2.24) is 9.97 Å². The Kier molecular flexibility index (Phi) is 8.05. The predicted molar refractivity (Wildman–Crippen MR) is 214 cm³/mol. The van der Waals surface area contributed by atoms with Crippen LogP contribution in [-0.2, 0) is 10.8 Å². The summed E-state index contributed by atoms with van der Waals surface area (Å²) in [6, 6.07) is 45.0. The van der Waals surface area contributed by atoms with Crippen molar-refractivity contribution in [2.24, 2.45) is 0 Å². The van der Waals surface area contributed by atoms with Gasteiger partial charge >= 0.3 is 10.1 Å². The SMILES string of the molecule is CC1(C)c2cc(-c3cccc4ccccc34)cnc2-c2c([O-])cccc21.CC1(C)c2cc(-c3cccc4ccccc34)cnc2-c2c([O-])cccc21.[Be+2]. The molecule has 0 radical (unpaired) electrons. The Labute approximate surface area is 313 Å². The Bertz CT molecular complexity index is 2530. The maximum Gasteiger partial charge on any atom is 2.00 e. The fourth-order valence-corrected chi connectivity index (χ4v) is 8.41. The molecule has 6 aromatic carbocycles. The first-order chi connectivity index (χ1) is 25.1. The van der Waals surface area contributed by atoms with E-state index < -0.39 is 0 Å². The first-order valence-corrected chi connectivity index (χ1v) is 17.7. The van der Waals surface area contributed by atoms with Crippen LogP contribution in [0.3, 0.4) is 0 Å². The smallest absolute Gasteiger partial charge is 0.872 e. The predicted octanol–water partition coefficient (Wildman–Crippen LogP) is 10.2. The minimum atomic E-state index is -0.224. The van der Waals surface area contributed by atoms with Gasteiger partial charge in [-0.2, -0.15) is 0 Å². The summed E-state index contributed by atoms with van der Waals surface area (Å²) < 4.78 is 0. The zero-order chi connectivity index (χ0) is 35.8. The summed E-state index contributed by atoms with van der Waals surface area (Å²) in [4.78, 5) is 9.48. The van der Waals surface area contributed by atoms with Crippen molar-refractivity contribution in [1.29, 1.82) is 0 Å². The van der Waals surface area contributed by atoms with E-state index in [9.17, 15) is 10.2 Å². The van der Waals surface area contributed by atoms with Crippen LogP contribution in [0.4, 0.5) is 0 Å².